The molecule has 1 aliphatic rings. The number of nitro benzene ring substituents is 1. The summed E-state index contributed by atoms with van der Waals surface area (Å²) in [5.74, 6) is -0.504. The molecular weight excluding hydrogens is 288 g/mol. The number of morpholine rings is 1. The van der Waals surface area contributed by atoms with Gasteiger partial charge < -0.3 is 14.7 Å². The molecular formula is C12H13ClN2O5. The highest BCUT2D eigenvalue weighted by Gasteiger charge is 2.31. The summed E-state index contributed by atoms with van der Waals surface area (Å²) >= 11 is 5.72. The third-order valence-electron chi connectivity index (χ3n) is 3.09. The van der Waals surface area contributed by atoms with Gasteiger partial charge in [0.1, 0.15) is 5.56 Å². The van der Waals surface area contributed by atoms with E-state index in [9.17, 15) is 20.0 Å². The fraction of sp³-hybridized carbons (Fsp3) is 0.417. The summed E-state index contributed by atoms with van der Waals surface area (Å²) in [7, 11) is 0. The van der Waals surface area contributed by atoms with Crippen molar-refractivity contribution in [2.24, 2.45) is 0 Å². The molecule has 0 spiro atoms. The Hall–Kier alpha value is -1.70. The fourth-order valence-corrected chi connectivity index (χ4v) is 2.23. The topological polar surface area (TPSA) is 92.9 Å². The number of nitrogens with zero attached hydrogens (tertiary/aromatic N) is 2. The van der Waals surface area contributed by atoms with Crippen LogP contribution in [-0.2, 0) is 4.74 Å². The van der Waals surface area contributed by atoms with E-state index in [0.717, 1.165) is 6.07 Å². The molecule has 0 bridgehead atoms. The van der Waals surface area contributed by atoms with Gasteiger partial charge in [-0.1, -0.05) is 11.6 Å². The maximum absolute atomic E-state index is 12.4. The van der Waals surface area contributed by atoms with Gasteiger partial charge in [-0.15, -0.1) is 0 Å². The quantitative estimate of drug-likeness (QED) is 0.666. The molecule has 108 valence electrons. The van der Waals surface area contributed by atoms with Gasteiger partial charge in [-0.05, 0) is 12.1 Å². The van der Waals surface area contributed by atoms with Crippen LogP contribution >= 0.6 is 11.6 Å². The lowest BCUT2D eigenvalue weighted by atomic mass is 10.1. The Morgan fingerprint density at radius 2 is 2.35 bits per heavy atom. The largest absolute Gasteiger partial charge is 0.394 e. The van der Waals surface area contributed by atoms with Gasteiger partial charge in [0.05, 0.1) is 30.8 Å². The predicted octanol–water partition coefficient (Wildman–Crippen LogP) is 1.08. The molecule has 1 aromatic carbocycles. The second-order valence-corrected chi connectivity index (χ2v) is 4.76. The van der Waals surface area contributed by atoms with Gasteiger partial charge >= 0.3 is 0 Å². The van der Waals surface area contributed by atoms with E-state index in [4.69, 9.17) is 16.3 Å². The van der Waals surface area contributed by atoms with Crippen molar-refractivity contribution in [2.45, 2.75) is 6.04 Å². The van der Waals surface area contributed by atoms with E-state index in [0.29, 0.717) is 6.61 Å². The van der Waals surface area contributed by atoms with E-state index in [-0.39, 0.29) is 36.0 Å². The van der Waals surface area contributed by atoms with E-state index >= 15 is 0 Å². The van der Waals surface area contributed by atoms with Crippen LogP contribution in [0, 0.1) is 10.1 Å². The lowest BCUT2D eigenvalue weighted by molar-refractivity contribution is -0.385. The number of hydrogen-bond acceptors (Lipinski definition) is 5. The Bertz CT molecular complexity index is 537. The second-order valence-electron chi connectivity index (χ2n) is 4.33. The third kappa shape index (κ3) is 2.90. The van der Waals surface area contributed by atoms with Crippen LogP contribution < -0.4 is 0 Å². The fourth-order valence-electron chi connectivity index (χ4n) is 2.06. The number of carbonyl (C=O) groups is 1. The number of halogens is 1. The number of aliphatic hydroxyl groups excluding tert-OH is 1. The molecule has 1 aliphatic heterocycles. The number of hydrogen-bond donors (Lipinski definition) is 1. The summed E-state index contributed by atoms with van der Waals surface area (Å²) in [6.07, 6.45) is 0. The van der Waals surface area contributed by atoms with E-state index in [1.165, 1.54) is 17.0 Å². The molecule has 0 aromatic heterocycles. The first-order chi connectivity index (χ1) is 9.54. The van der Waals surface area contributed by atoms with Crippen molar-refractivity contribution in [3.8, 4) is 0 Å². The Morgan fingerprint density at radius 3 is 3.00 bits per heavy atom. The van der Waals surface area contributed by atoms with Crippen LogP contribution in [0.2, 0.25) is 5.02 Å². The summed E-state index contributed by atoms with van der Waals surface area (Å²) in [6, 6.07) is 3.40. The van der Waals surface area contributed by atoms with Crippen LogP contribution in [0.15, 0.2) is 18.2 Å². The number of nitro groups is 1. The van der Waals surface area contributed by atoms with Crippen LogP contribution in [0.25, 0.3) is 0 Å². The molecule has 0 saturated carbocycles. The summed E-state index contributed by atoms with van der Waals surface area (Å²) < 4.78 is 5.18. The lowest BCUT2D eigenvalue weighted by Crippen LogP contribution is -2.50. The number of rotatable bonds is 3. The Labute approximate surface area is 119 Å². The van der Waals surface area contributed by atoms with Gasteiger partial charge in [0.2, 0.25) is 0 Å². The van der Waals surface area contributed by atoms with Gasteiger partial charge in [-0.25, -0.2) is 0 Å². The first-order valence-corrected chi connectivity index (χ1v) is 6.36. The molecule has 1 saturated heterocycles. The van der Waals surface area contributed by atoms with Crippen molar-refractivity contribution in [1.29, 1.82) is 0 Å². The lowest BCUT2D eigenvalue weighted by Gasteiger charge is -2.34. The van der Waals surface area contributed by atoms with Gasteiger partial charge in [0.15, 0.2) is 0 Å². The van der Waals surface area contributed by atoms with Crippen molar-refractivity contribution in [1.82, 2.24) is 4.90 Å². The molecule has 1 amide bonds. The molecule has 1 heterocycles. The van der Waals surface area contributed by atoms with E-state index in [1.54, 1.807) is 0 Å². The SMILES string of the molecule is O=C(c1ccc(Cl)cc1[N+](=O)[O-])N1CCOCC1CO. The van der Waals surface area contributed by atoms with Crippen molar-refractivity contribution in [2.75, 3.05) is 26.4 Å². The first-order valence-electron chi connectivity index (χ1n) is 5.98. The number of carbonyl (C=O) groups excluding carboxylic acids is 1. The Kier molecular flexibility index (Phi) is 4.53. The van der Waals surface area contributed by atoms with Gasteiger partial charge in [0, 0.05) is 17.6 Å². The van der Waals surface area contributed by atoms with Crippen LogP contribution in [0.1, 0.15) is 10.4 Å². The van der Waals surface area contributed by atoms with Crippen molar-refractivity contribution in [3.05, 3.63) is 38.9 Å². The summed E-state index contributed by atoms with van der Waals surface area (Å²) in [6.45, 7) is 0.574. The van der Waals surface area contributed by atoms with Crippen molar-refractivity contribution >= 4 is 23.2 Å². The molecule has 1 unspecified atom stereocenters. The van der Waals surface area contributed by atoms with Crippen LogP contribution in [-0.4, -0.2) is 53.2 Å². The van der Waals surface area contributed by atoms with Crippen molar-refractivity contribution in [3.63, 3.8) is 0 Å². The minimum Gasteiger partial charge on any atom is -0.394 e. The van der Waals surface area contributed by atoms with Gasteiger partial charge in [-0.3, -0.25) is 14.9 Å². The highest BCUT2D eigenvalue weighted by atomic mass is 35.5. The van der Waals surface area contributed by atoms with E-state index < -0.39 is 16.9 Å². The Morgan fingerprint density at radius 1 is 1.60 bits per heavy atom. The monoisotopic (exact) mass is 300 g/mol. The zero-order chi connectivity index (χ0) is 14.7. The minimum absolute atomic E-state index is 0.0419. The molecule has 7 nitrogen and oxygen atoms in total. The predicted molar refractivity (Wildman–Crippen MR) is 70.8 cm³/mol. The molecule has 1 atom stereocenters. The Balaban J connectivity index is 2.35. The van der Waals surface area contributed by atoms with Gasteiger partial charge in [-0.2, -0.15) is 0 Å². The molecule has 1 aromatic rings. The third-order valence-corrected chi connectivity index (χ3v) is 3.32. The molecule has 1 fully saturated rings. The zero-order valence-corrected chi connectivity index (χ0v) is 11.2. The molecule has 8 heteroatoms. The normalized spacial score (nSPS) is 18.9. The standard InChI is InChI=1S/C12H13ClN2O5/c13-8-1-2-10(11(5-8)15(18)19)12(17)14-3-4-20-7-9(14)6-16/h1-2,5,9,16H,3-4,6-7H2. The smallest absolute Gasteiger partial charge is 0.283 e. The highest BCUT2D eigenvalue weighted by molar-refractivity contribution is 6.31. The van der Waals surface area contributed by atoms with Crippen LogP contribution in [0.3, 0.4) is 0 Å². The summed E-state index contributed by atoms with van der Waals surface area (Å²) in [5, 5.41) is 20.5. The molecule has 0 aliphatic carbocycles. The maximum Gasteiger partial charge on any atom is 0.283 e. The minimum atomic E-state index is -0.645. The summed E-state index contributed by atoms with van der Waals surface area (Å²) in [4.78, 5) is 24.2. The molecule has 0 radical (unpaired) electrons. The maximum atomic E-state index is 12.4. The van der Waals surface area contributed by atoms with Crippen LogP contribution in [0.5, 0.6) is 0 Å². The van der Waals surface area contributed by atoms with Crippen molar-refractivity contribution < 1.29 is 19.6 Å². The number of ether oxygens (including phenoxy) is 1. The molecule has 1 N–H and O–H groups in total. The first kappa shape index (κ1) is 14.7. The second kappa shape index (κ2) is 6.17. The number of benzene rings is 1. The number of amides is 1. The highest BCUT2D eigenvalue weighted by Crippen LogP contribution is 2.25. The average Bonchev–Trinajstić information content (AvgIpc) is 2.46. The average molecular weight is 301 g/mol. The van der Waals surface area contributed by atoms with E-state index in [2.05, 4.69) is 0 Å². The number of aliphatic hydroxyl groups is 1. The molecule has 20 heavy (non-hydrogen) atoms. The summed E-state index contributed by atoms with van der Waals surface area (Å²) in [5.41, 5.74) is -0.384. The van der Waals surface area contributed by atoms with E-state index in [1.807, 2.05) is 0 Å². The van der Waals surface area contributed by atoms with Gasteiger partial charge in [0.25, 0.3) is 11.6 Å². The van der Waals surface area contributed by atoms with Crippen LogP contribution in [0.4, 0.5) is 5.69 Å². The zero-order valence-electron chi connectivity index (χ0n) is 10.5. The molecule has 2 rings (SSSR count).